The third-order valence-electron chi connectivity index (χ3n) is 2.84. The number of thioether (sulfide) groups is 1. The molecule has 0 aromatic heterocycles. The molecule has 0 spiro atoms. The van der Waals surface area contributed by atoms with Crippen molar-refractivity contribution in [1.29, 1.82) is 0 Å². The predicted molar refractivity (Wildman–Crippen MR) is 94.0 cm³/mol. The van der Waals surface area contributed by atoms with Crippen LogP contribution in [0.25, 0.3) is 0 Å². The first-order valence-corrected chi connectivity index (χ1v) is 9.60. The number of rotatable bonds is 4. The molecular weight excluding hydrogens is 363 g/mol. The fourth-order valence-corrected chi connectivity index (χ4v) is 3.24. The molecule has 3 N–H and O–H groups in total. The standard InChI is InChI=1S/C12H11O4P.C4H6N2OS/c13-17(14,15-11-7-3-1-4-8-11)16-12-9-5-2-6-10-12;1-2-3(7)6-4(5)8-2/h1-10H,(H,13,14);2H,1H3,(H2,5,6,7). The molecule has 0 radical (unpaired) electrons. The molecular formula is C16H17N2O5PS. The first-order valence-electron chi connectivity index (χ1n) is 7.26. The molecule has 132 valence electrons. The maximum absolute atomic E-state index is 11.6. The number of hydrogen-bond donors (Lipinski definition) is 2. The second-order valence-corrected chi connectivity index (χ2v) is 7.51. The third-order valence-corrected chi connectivity index (χ3v) is 4.63. The lowest BCUT2D eigenvalue weighted by Crippen LogP contribution is -2.76. The van der Waals surface area contributed by atoms with Gasteiger partial charge in [0.25, 0.3) is 0 Å². The van der Waals surface area contributed by atoms with E-state index in [9.17, 15) is 14.3 Å². The van der Waals surface area contributed by atoms with E-state index in [1.807, 2.05) is 6.92 Å². The van der Waals surface area contributed by atoms with Crippen molar-refractivity contribution in [1.82, 2.24) is 0 Å². The van der Waals surface area contributed by atoms with Crippen molar-refractivity contribution in [2.24, 2.45) is 5.73 Å². The second kappa shape index (κ2) is 8.71. The van der Waals surface area contributed by atoms with Crippen molar-refractivity contribution in [3.8, 4) is 11.5 Å². The van der Waals surface area contributed by atoms with E-state index >= 15 is 0 Å². The Hall–Kier alpha value is -2.28. The maximum atomic E-state index is 11.6. The fourth-order valence-electron chi connectivity index (χ4n) is 1.74. The van der Waals surface area contributed by atoms with Gasteiger partial charge < -0.3 is 13.9 Å². The van der Waals surface area contributed by atoms with Crippen LogP contribution in [0, 0.1) is 0 Å². The van der Waals surface area contributed by atoms with Gasteiger partial charge in [0.2, 0.25) is 0 Å². The van der Waals surface area contributed by atoms with Gasteiger partial charge >= 0.3 is 18.9 Å². The Kier molecular flexibility index (Phi) is 6.64. The zero-order valence-electron chi connectivity index (χ0n) is 13.3. The summed E-state index contributed by atoms with van der Waals surface area (Å²) in [5.74, 6) is 0.455. The van der Waals surface area contributed by atoms with Gasteiger partial charge in [0.1, 0.15) is 16.7 Å². The highest BCUT2D eigenvalue weighted by atomic mass is 32.2. The molecule has 2 aromatic rings. The number of para-hydroxylation sites is 2. The zero-order valence-corrected chi connectivity index (χ0v) is 15.0. The molecule has 9 heteroatoms. The molecule has 0 saturated heterocycles. The minimum atomic E-state index is -4.39. The Labute approximate surface area is 149 Å². The van der Waals surface area contributed by atoms with E-state index < -0.39 is 7.82 Å². The van der Waals surface area contributed by atoms with Crippen molar-refractivity contribution < 1.29 is 28.3 Å². The molecule has 2 aromatic carbocycles. The molecule has 1 atom stereocenters. The lowest BCUT2D eigenvalue weighted by molar-refractivity contribution is -0.371. The van der Waals surface area contributed by atoms with Crippen LogP contribution in [0.3, 0.4) is 0 Å². The zero-order chi connectivity index (χ0) is 18.3. The number of nitrogens with two attached hydrogens (primary N) is 1. The van der Waals surface area contributed by atoms with Crippen molar-refractivity contribution in [3.05, 3.63) is 60.7 Å². The smallest absolute Gasteiger partial charge is 0.372 e. The number of amides is 1. The van der Waals surface area contributed by atoms with Crippen molar-refractivity contribution in [3.63, 3.8) is 0 Å². The Morgan fingerprint density at radius 1 is 1.04 bits per heavy atom. The van der Waals surface area contributed by atoms with E-state index in [0.29, 0.717) is 5.17 Å². The van der Waals surface area contributed by atoms with Gasteiger partial charge in [-0.1, -0.05) is 36.4 Å². The van der Waals surface area contributed by atoms with Gasteiger partial charge in [0, 0.05) is 0 Å². The highest BCUT2D eigenvalue weighted by Gasteiger charge is 2.26. The molecule has 1 unspecified atom stereocenters. The number of hydrogen-bond acceptors (Lipinski definition) is 7. The predicted octanol–water partition coefficient (Wildman–Crippen LogP) is 0.656. The van der Waals surface area contributed by atoms with Crippen molar-refractivity contribution in [2.75, 3.05) is 0 Å². The minimum Gasteiger partial charge on any atom is -0.736 e. The largest absolute Gasteiger partial charge is 0.736 e. The minimum absolute atomic E-state index is 0.00463. The van der Waals surface area contributed by atoms with Gasteiger partial charge in [-0.3, -0.25) is 5.73 Å². The summed E-state index contributed by atoms with van der Waals surface area (Å²) < 4.78 is 21.1. The molecule has 0 fully saturated rings. The van der Waals surface area contributed by atoms with E-state index in [0.717, 1.165) is 0 Å². The molecule has 1 aliphatic heterocycles. The van der Waals surface area contributed by atoms with Crippen LogP contribution in [0.1, 0.15) is 6.92 Å². The van der Waals surface area contributed by atoms with E-state index in [4.69, 9.17) is 14.8 Å². The number of benzene rings is 2. The summed E-state index contributed by atoms with van der Waals surface area (Å²) in [7, 11) is -4.39. The van der Waals surface area contributed by atoms with Crippen LogP contribution in [0.2, 0.25) is 0 Å². The van der Waals surface area contributed by atoms with Crippen molar-refractivity contribution in [2.45, 2.75) is 12.2 Å². The Morgan fingerprint density at radius 2 is 1.48 bits per heavy atom. The van der Waals surface area contributed by atoms with Crippen LogP contribution >= 0.6 is 19.6 Å². The SMILES string of the molecule is CC1SC(N)=[NH+]C1=O.O=P([O-])(Oc1ccccc1)Oc1ccccc1. The van der Waals surface area contributed by atoms with Gasteiger partial charge in [-0.2, -0.15) is 0 Å². The normalized spacial score (nSPS) is 16.5. The van der Waals surface area contributed by atoms with E-state index in [2.05, 4.69) is 4.99 Å². The topological polar surface area (TPSA) is 116 Å². The highest BCUT2D eigenvalue weighted by Crippen LogP contribution is 2.40. The highest BCUT2D eigenvalue weighted by molar-refractivity contribution is 8.14. The van der Waals surface area contributed by atoms with Crippen LogP contribution in [0.5, 0.6) is 11.5 Å². The summed E-state index contributed by atoms with van der Waals surface area (Å²) in [4.78, 5) is 24.6. The fraction of sp³-hybridized carbons (Fsp3) is 0.125. The first kappa shape index (κ1) is 19.1. The molecule has 7 nitrogen and oxygen atoms in total. The van der Waals surface area contributed by atoms with E-state index in [-0.39, 0.29) is 22.7 Å². The Balaban J connectivity index is 0.000000236. The van der Waals surface area contributed by atoms with Crippen LogP contribution in [-0.2, 0) is 9.36 Å². The van der Waals surface area contributed by atoms with Crippen LogP contribution in [-0.4, -0.2) is 16.3 Å². The molecule has 0 bridgehead atoms. The van der Waals surface area contributed by atoms with Gasteiger partial charge in [-0.15, -0.1) is 0 Å². The summed E-state index contributed by atoms with van der Waals surface area (Å²) in [5.41, 5.74) is 5.26. The van der Waals surface area contributed by atoms with Crippen molar-refractivity contribution >= 4 is 30.7 Å². The number of carbonyl (C=O) groups is 1. The van der Waals surface area contributed by atoms with Crippen LogP contribution in [0.4, 0.5) is 0 Å². The van der Waals surface area contributed by atoms with Gasteiger partial charge in [0.05, 0.1) is 0 Å². The number of phosphoric acid groups is 1. The quantitative estimate of drug-likeness (QED) is 0.749. The Bertz CT molecular complexity index is 740. The molecule has 1 aliphatic rings. The molecule has 0 saturated carbocycles. The number of phosphoric ester groups is 1. The second-order valence-electron chi connectivity index (χ2n) is 4.87. The molecule has 3 rings (SSSR count). The van der Waals surface area contributed by atoms with Gasteiger partial charge in [-0.05, 0) is 43.0 Å². The molecule has 0 aliphatic carbocycles. The molecule has 1 amide bonds. The summed E-state index contributed by atoms with van der Waals surface area (Å²) in [6.45, 7) is 1.82. The summed E-state index contributed by atoms with van der Waals surface area (Å²) in [6, 6.07) is 16.4. The number of carbonyl (C=O) groups excluding carboxylic acids is 1. The third kappa shape index (κ3) is 6.62. The summed E-state index contributed by atoms with van der Waals surface area (Å²) in [6.07, 6.45) is 0. The number of nitrogens with one attached hydrogen (secondary N) is 1. The monoisotopic (exact) mass is 380 g/mol. The van der Waals surface area contributed by atoms with Crippen LogP contribution in [0.15, 0.2) is 60.7 Å². The molecule has 25 heavy (non-hydrogen) atoms. The van der Waals surface area contributed by atoms with Crippen LogP contribution < -0.4 is 24.7 Å². The van der Waals surface area contributed by atoms with E-state index in [1.165, 1.54) is 11.8 Å². The van der Waals surface area contributed by atoms with Gasteiger partial charge in [-0.25, -0.2) is 14.4 Å². The lowest BCUT2D eigenvalue weighted by atomic mass is 10.3. The van der Waals surface area contributed by atoms with Gasteiger partial charge in [0.15, 0.2) is 0 Å². The Morgan fingerprint density at radius 3 is 1.76 bits per heavy atom. The maximum Gasteiger partial charge on any atom is 0.372 e. The first-order chi connectivity index (χ1) is 11.9. The average molecular weight is 380 g/mol. The summed E-state index contributed by atoms with van der Waals surface area (Å²) >= 11 is 1.36. The van der Waals surface area contributed by atoms with E-state index in [1.54, 1.807) is 60.7 Å². The summed E-state index contributed by atoms with van der Waals surface area (Å²) in [5, 5.41) is 0.512. The average Bonchev–Trinajstić information content (AvgIpc) is 2.85. The molecule has 1 heterocycles. The lowest BCUT2D eigenvalue weighted by Gasteiger charge is -2.23. The number of amidine groups is 1.